The number of aliphatic hydroxyl groups excluding tert-OH is 2. The van der Waals surface area contributed by atoms with Crippen LogP contribution in [0.3, 0.4) is 0 Å². The smallest absolute Gasteiger partial charge is 0.107 e. The van der Waals surface area contributed by atoms with E-state index < -0.39 is 12.2 Å². The molecule has 0 saturated carbocycles. The summed E-state index contributed by atoms with van der Waals surface area (Å²) in [6.07, 6.45) is -2.08. The minimum Gasteiger partial charge on any atom is -0.389 e. The van der Waals surface area contributed by atoms with Crippen LogP contribution >= 0.6 is 50.7 Å². The molecule has 84 valence electrons. The van der Waals surface area contributed by atoms with Crippen LogP contribution in [-0.2, 0) is 0 Å². The van der Waals surface area contributed by atoms with Gasteiger partial charge in [-0.15, -0.1) is 0 Å². The standard InChI is InChI=1S/C9H8BrCl3O2/c10-3-7(14)9(15)5-1-4(11)2-6(12)8(5)13/h1-2,7,9,14-15H,3H2. The zero-order valence-electron chi connectivity index (χ0n) is 7.42. The first-order valence-corrected chi connectivity index (χ1v) is 6.29. The summed E-state index contributed by atoms with van der Waals surface area (Å²) < 4.78 is 0. The quantitative estimate of drug-likeness (QED) is 0.657. The summed E-state index contributed by atoms with van der Waals surface area (Å²) >= 11 is 20.5. The van der Waals surface area contributed by atoms with Gasteiger partial charge in [0.25, 0.3) is 0 Å². The number of halogens is 4. The molecule has 0 radical (unpaired) electrons. The second kappa shape index (κ2) is 5.71. The predicted octanol–water partition coefficient (Wildman–Crippen LogP) is 3.44. The first-order chi connectivity index (χ1) is 6.97. The van der Waals surface area contributed by atoms with Crippen molar-refractivity contribution in [3.05, 3.63) is 32.8 Å². The van der Waals surface area contributed by atoms with Crippen molar-refractivity contribution in [3.63, 3.8) is 0 Å². The molecule has 0 bridgehead atoms. The SMILES string of the molecule is OC(CBr)C(O)c1cc(Cl)cc(Cl)c1Cl. The molecule has 0 saturated heterocycles. The minimum absolute atomic E-state index is 0.202. The molecule has 1 aromatic carbocycles. The van der Waals surface area contributed by atoms with Crippen LogP contribution in [0.25, 0.3) is 0 Å². The van der Waals surface area contributed by atoms with Crippen molar-refractivity contribution >= 4 is 50.7 Å². The molecule has 1 aromatic rings. The molecule has 0 spiro atoms. The van der Waals surface area contributed by atoms with Gasteiger partial charge in [0, 0.05) is 15.9 Å². The molecule has 0 fully saturated rings. The van der Waals surface area contributed by atoms with Crippen molar-refractivity contribution in [2.75, 3.05) is 5.33 Å². The highest BCUT2D eigenvalue weighted by molar-refractivity contribution is 9.09. The molecule has 0 aliphatic carbocycles. The Morgan fingerprint density at radius 1 is 1.20 bits per heavy atom. The molecule has 1 rings (SSSR count). The van der Waals surface area contributed by atoms with Gasteiger partial charge in [0.2, 0.25) is 0 Å². The van der Waals surface area contributed by atoms with Gasteiger partial charge in [-0.2, -0.15) is 0 Å². The average molecular weight is 334 g/mol. The molecular formula is C9H8BrCl3O2. The zero-order valence-corrected chi connectivity index (χ0v) is 11.3. The van der Waals surface area contributed by atoms with E-state index in [1.54, 1.807) is 0 Å². The summed E-state index contributed by atoms with van der Waals surface area (Å²) in [7, 11) is 0. The number of alkyl halides is 1. The minimum atomic E-state index is -1.12. The maximum atomic E-state index is 9.74. The van der Waals surface area contributed by atoms with Gasteiger partial charge < -0.3 is 10.2 Å². The topological polar surface area (TPSA) is 40.5 Å². The number of rotatable bonds is 3. The maximum Gasteiger partial charge on any atom is 0.107 e. The monoisotopic (exact) mass is 332 g/mol. The van der Waals surface area contributed by atoms with Gasteiger partial charge in [0.1, 0.15) is 6.10 Å². The van der Waals surface area contributed by atoms with Crippen molar-refractivity contribution < 1.29 is 10.2 Å². The van der Waals surface area contributed by atoms with Crippen molar-refractivity contribution in [2.24, 2.45) is 0 Å². The molecule has 0 heterocycles. The molecule has 15 heavy (non-hydrogen) atoms. The fourth-order valence-corrected chi connectivity index (χ4v) is 2.17. The van der Waals surface area contributed by atoms with Crippen LogP contribution in [0.1, 0.15) is 11.7 Å². The van der Waals surface area contributed by atoms with Crippen LogP contribution in [0.2, 0.25) is 15.1 Å². The van der Waals surface area contributed by atoms with Crippen LogP contribution in [0.15, 0.2) is 12.1 Å². The molecule has 2 nitrogen and oxygen atoms in total. The van der Waals surface area contributed by atoms with Crippen molar-refractivity contribution in [2.45, 2.75) is 12.2 Å². The number of hydrogen-bond donors (Lipinski definition) is 2. The third kappa shape index (κ3) is 3.22. The molecule has 2 atom stereocenters. The van der Waals surface area contributed by atoms with E-state index in [4.69, 9.17) is 34.8 Å². The Kier molecular flexibility index (Phi) is 5.16. The Morgan fingerprint density at radius 3 is 2.33 bits per heavy atom. The Bertz CT molecular complexity index is 359. The highest BCUT2D eigenvalue weighted by Gasteiger charge is 2.21. The van der Waals surface area contributed by atoms with E-state index in [9.17, 15) is 10.2 Å². The van der Waals surface area contributed by atoms with Gasteiger partial charge in [0.15, 0.2) is 0 Å². The highest BCUT2D eigenvalue weighted by Crippen LogP contribution is 2.34. The van der Waals surface area contributed by atoms with Crippen LogP contribution < -0.4 is 0 Å². The van der Waals surface area contributed by atoms with Crippen molar-refractivity contribution in [1.29, 1.82) is 0 Å². The molecule has 0 amide bonds. The van der Waals surface area contributed by atoms with Gasteiger partial charge in [0.05, 0.1) is 16.1 Å². The third-order valence-electron chi connectivity index (χ3n) is 1.86. The number of aliphatic hydroxyl groups is 2. The predicted molar refractivity (Wildman–Crippen MR) is 66.2 cm³/mol. The van der Waals surface area contributed by atoms with E-state index in [1.165, 1.54) is 12.1 Å². The van der Waals surface area contributed by atoms with Crippen LogP contribution in [0, 0.1) is 0 Å². The largest absolute Gasteiger partial charge is 0.389 e. The van der Waals surface area contributed by atoms with Gasteiger partial charge in [-0.05, 0) is 12.1 Å². The Hall–Kier alpha value is 0.490. The van der Waals surface area contributed by atoms with E-state index in [0.29, 0.717) is 10.6 Å². The lowest BCUT2D eigenvalue weighted by atomic mass is 10.1. The van der Waals surface area contributed by atoms with Crippen molar-refractivity contribution in [3.8, 4) is 0 Å². The summed E-state index contributed by atoms with van der Waals surface area (Å²) in [5, 5.41) is 20.2. The average Bonchev–Trinajstić information content (AvgIpc) is 2.21. The fourth-order valence-electron chi connectivity index (χ4n) is 1.08. The molecule has 2 N–H and O–H groups in total. The lowest BCUT2D eigenvalue weighted by Crippen LogP contribution is -2.19. The highest BCUT2D eigenvalue weighted by atomic mass is 79.9. The van der Waals surface area contributed by atoms with E-state index in [0.717, 1.165) is 0 Å². The van der Waals surface area contributed by atoms with Gasteiger partial charge in [-0.1, -0.05) is 50.7 Å². The van der Waals surface area contributed by atoms with Crippen LogP contribution in [-0.4, -0.2) is 21.6 Å². The fraction of sp³-hybridized carbons (Fsp3) is 0.333. The molecule has 0 aliphatic rings. The van der Waals surface area contributed by atoms with E-state index >= 15 is 0 Å². The molecule has 6 heteroatoms. The van der Waals surface area contributed by atoms with E-state index in [1.807, 2.05) is 0 Å². The first-order valence-electron chi connectivity index (χ1n) is 4.04. The Labute approximate surface area is 111 Å². The number of hydrogen-bond acceptors (Lipinski definition) is 2. The summed E-state index contributed by atoms with van der Waals surface area (Å²) in [5.74, 6) is 0. The normalized spacial score (nSPS) is 15.1. The zero-order chi connectivity index (χ0) is 11.6. The summed E-state index contributed by atoms with van der Waals surface area (Å²) in [6.45, 7) is 0. The van der Waals surface area contributed by atoms with Gasteiger partial charge in [-0.25, -0.2) is 0 Å². The molecule has 0 aromatic heterocycles. The van der Waals surface area contributed by atoms with Crippen LogP contribution in [0.5, 0.6) is 0 Å². The number of benzene rings is 1. The molecular weight excluding hydrogens is 326 g/mol. The summed E-state index contributed by atoms with van der Waals surface area (Å²) in [4.78, 5) is 0. The van der Waals surface area contributed by atoms with Crippen LogP contribution in [0.4, 0.5) is 0 Å². The van der Waals surface area contributed by atoms with Crippen molar-refractivity contribution in [1.82, 2.24) is 0 Å². The lowest BCUT2D eigenvalue weighted by Gasteiger charge is -2.18. The van der Waals surface area contributed by atoms with Gasteiger partial charge >= 0.3 is 0 Å². The molecule has 2 unspecified atom stereocenters. The Morgan fingerprint density at radius 2 is 1.80 bits per heavy atom. The summed E-state index contributed by atoms with van der Waals surface area (Å²) in [5.41, 5.74) is 0.320. The lowest BCUT2D eigenvalue weighted by molar-refractivity contribution is 0.0343. The third-order valence-corrected chi connectivity index (χ3v) is 3.56. The maximum absolute atomic E-state index is 9.74. The second-order valence-electron chi connectivity index (χ2n) is 2.96. The second-order valence-corrected chi connectivity index (χ2v) is 4.83. The summed E-state index contributed by atoms with van der Waals surface area (Å²) in [6, 6.07) is 2.95. The van der Waals surface area contributed by atoms with Gasteiger partial charge in [-0.3, -0.25) is 0 Å². The van der Waals surface area contributed by atoms with E-state index in [2.05, 4.69) is 15.9 Å². The Balaban J connectivity index is 3.13. The van der Waals surface area contributed by atoms with E-state index in [-0.39, 0.29) is 15.4 Å². The first kappa shape index (κ1) is 13.6. The molecule has 0 aliphatic heterocycles.